The minimum absolute atomic E-state index is 0.0318. The van der Waals surface area contributed by atoms with E-state index in [9.17, 15) is 13.9 Å². The zero-order valence-electron chi connectivity index (χ0n) is 9.27. The maximum atomic E-state index is 13.7. The Bertz CT molecular complexity index is 405. The highest BCUT2D eigenvalue weighted by molar-refractivity contribution is 9.10. The topological polar surface area (TPSA) is 29.5 Å². The molecule has 0 aliphatic heterocycles. The minimum Gasteiger partial charge on any atom is -0.495 e. The van der Waals surface area contributed by atoms with Crippen LogP contribution in [0.3, 0.4) is 0 Å². The molecule has 0 aromatic heterocycles. The lowest BCUT2D eigenvalue weighted by molar-refractivity contribution is 0.209. The van der Waals surface area contributed by atoms with Crippen molar-refractivity contribution in [2.24, 2.45) is 0 Å². The van der Waals surface area contributed by atoms with Crippen LogP contribution in [0, 0.1) is 11.6 Å². The standard InChI is InChI=1S/C11H13BrF2O2/c1-11(2,5-15)8-9(14)7(13)4-6(12)10(8)16-3/h4,15H,5H2,1-3H3. The molecule has 0 atom stereocenters. The first kappa shape index (κ1) is 13.4. The van der Waals surface area contributed by atoms with Crippen LogP contribution in [0.1, 0.15) is 19.4 Å². The lowest BCUT2D eigenvalue weighted by atomic mass is 9.84. The van der Waals surface area contributed by atoms with E-state index in [-0.39, 0.29) is 17.9 Å². The summed E-state index contributed by atoms with van der Waals surface area (Å²) < 4.78 is 32.4. The highest BCUT2D eigenvalue weighted by atomic mass is 79.9. The highest BCUT2D eigenvalue weighted by Crippen LogP contribution is 2.39. The highest BCUT2D eigenvalue weighted by Gasteiger charge is 2.31. The van der Waals surface area contributed by atoms with Gasteiger partial charge in [-0.2, -0.15) is 0 Å². The van der Waals surface area contributed by atoms with Crippen molar-refractivity contribution < 1.29 is 18.6 Å². The van der Waals surface area contributed by atoms with Crippen LogP contribution < -0.4 is 4.74 Å². The van der Waals surface area contributed by atoms with Crippen molar-refractivity contribution >= 4 is 15.9 Å². The molecular weight excluding hydrogens is 282 g/mol. The van der Waals surface area contributed by atoms with E-state index in [2.05, 4.69) is 15.9 Å². The molecule has 0 aliphatic rings. The van der Waals surface area contributed by atoms with Crippen LogP contribution in [-0.4, -0.2) is 18.8 Å². The molecule has 0 saturated heterocycles. The van der Waals surface area contributed by atoms with E-state index in [1.807, 2.05) is 0 Å². The lowest BCUT2D eigenvalue weighted by Crippen LogP contribution is -2.25. The molecular formula is C11H13BrF2O2. The molecule has 1 N–H and O–H groups in total. The zero-order chi connectivity index (χ0) is 12.5. The number of ether oxygens (including phenoxy) is 1. The maximum Gasteiger partial charge on any atom is 0.166 e. The van der Waals surface area contributed by atoms with Crippen molar-refractivity contribution in [2.75, 3.05) is 13.7 Å². The van der Waals surface area contributed by atoms with Crippen LogP contribution in [0.2, 0.25) is 0 Å². The van der Waals surface area contributed by atoms with Gasteiger partial charge in [0.1, 0.15) is 5.75 Å². The Kier molecular flexibility index (Phi) is 3.91. The van der Waals surface area contributed by atoms with Gasteiger partial charge >= 0.3 is 0 Å². The molecule has 1 rings (SSSR count). The summed E-state index contributed by atoms with van der Waals surface area (Å²) in [5, 5.41) is 9.21. The van der Waals surface area contributed by atoms with Crippen LogP contribution in [-0.2, 0) is 5.41 Å². The Balaban J connectivity index is 3.57. The number of aliphatic hydroxyl groups excluding tert-OH is 1. The van der Waals surface area contributed by atoms with Gasteiger partial charge in [-0.3, -0.25) is 0 Å². The second-order valence-corrected chi connectivity index (χ2v) is 4.96. The monoisotopic (exact) mass is 294 g/mol. The third kappa shape index (κ3) is 2.20. The van der Waals surface area contributed by atoms with Gasteiger partial charge in [0.25, 0.3) is 0 Å². The molecule has 0 aliphatic carbocycles. The fourth-order valence-electron chi connectivity index (χ4n) is 1.46. The average Bonchev–Trinajstić information content (AvgIpc) is 2.22. The molecule has 0 unspecified atom stereocenters. The van der Waals surface area contributed by atoms with Gasteiger partial charge in [0.05, 0.1) is 18.2 Å². The second-order valence-electron chi connectivity index (χ2n) is 4.10. The van der Waals surface area contributed by atoms with Gasteiger partial charge in [0.15, 0.2) is 11.6 Å². The molecule has 16 heavy (non-hydrogen) atoms. The van der Waals surface area contributed by atoms with Crippen LogP contribution in [0.5, 0.6) is 5.75 Å². The third-order valence-corrected chi connectivity index (χ3v) is 2.99. The first-order valence-corrected chi connectivity index (χ1v) is 5.47. The summed E-state index contributed by atoms with van der Waals surface area (Å²) in [6, 6.07) is 1.01. The van der Waals surface area contributed by atoms with E-state index >= 15 is 0 Å². The summed E-state index contributed by atoms with van der Waals surface area (Å²) in [6.07, 6.45) is 0. The summed E-state index contributed by atoms with van der Waals surface area (Å²) in [6.45, 7) is 2.91. The molecule has 0 fully saturated rings. The van der Waals surface area contributed by atoms with Gasteiger partial charge in [-0.1, -0.05) is 13.8 Å². The largest absolute Gasteiger partial charge is 0.495 e. The molecule has 0 saturated carbocycles. The zero-order valence-corrected chi connectivity index (χ0v) is 10.9. The predicted octanol–water partition coefficient (Wildman–Crippen LogP) is 3.01. The van der Waals surface area contributed by atoms with Crippen molar-refractivity contribution in [3.63, 3.8) is 0 Å². The van der Waals surface area contributed by atoms with Crippen molar-refractivity contribution in [3.8, 4) is 5.75 Å². The number of hydrogen-bond donors (Lipinski definition) is 1. The second kappa shape index (κ2) is 4.67. The Morgan fingerprint density at radius 1 is 1.44 bits per heavy atom. The van der Waals surface area contributed by atoms with Crippen LogP contribution in [0.15, 0.2) is 10.5 Å². The normalized spacial score (nSPS) is 11.7. The SMILES string of the molecule is COc1c(Br)cc(F)c(F)c1C(C)(C)CO. The fraction of sp³-hybridized carbons (Fsp3) is 0.455. The number of methoxy groups -OCH3 is 1. The Morgan fingerprint density at radius 3 is 2.44 bits per heavy atom. The van der Waals surface area contributed by atoms with E-state index in [0.717, 1.165) is 6.07 Å². The maximum absolute atomic E-state index is 13.7. The van der Waals surface area contributed by atoms with Crippen LogP contribution in [0.4, 0.5) is 8.78 Å². The predicted molar refractivity (Wildman–Crippen MR) is 60.7 cm³/mol. The number of benzene rings is 1. The Hall–Kier alpha value is -0.680. The van der Waals surface area contributed by atoms with Crippen LogP contribution >= 0.6 is 15.9 Å². The number of aliphatic hydroxyl groups is 1. The average molecular weight is 295 g/mol. The quantitative estimate of drug-likeness (QED) is 0.869. The molecule has 0 spiro atoms. The summed E-state index contributed by atoms with van der Waals surface area (Å²) in [7, 11) is 1.37. The minimum atomic E-state index is -0.987. The molecule has 2 nitrogen and oxygen atoms in total. The van der Waals surface area contributed by atoms with E-state index in [0.29, 0.717) is 4.47 Å². The van der Waals surface area contributed by atoms with E-state index in [1.54, 1.807) is 13.8 Å². The smallest absolute Gasteiger partial charge is 0.166 e. The summed E-state index contributed by atoms with van der Waals surface area (Å²) in [4.78, 5) is 0. The van der Waals surface area contributed by atoms with Crippen molar-refractivity contribution in [3.05, 3.63) is 27.7 Å². The van der Waals surface area contributed by atoms with Gasteiger partial charge in [-0.25, -0.2) is 8.78 Å². The lowest BCUT2D eigenvalue weighted by Gasteiger charge is -2.26. The van der Waals surface area contributed by atoms with Gasteiger partial charge < -0.3 is 9.84 Å². The molecule has 0 heterocycles. The molecule has 0 radical (unpaired) electrons. The van der Waals surface area contributed by atoms with Gasteiger partial charge in [0, 0.05) is 11.0 Å². The summed E-state index contributed by atoms with van der Waals surface area (Å²) in [5.41, 5.74) is -0.885. The van der Waals surface area contributed by atoms with Gasteiger partial charge in [-0.15, -0.1) is 0 Å². The first-order chi connectivity index (χ1) is 7.35. The molecule has 0 bridgehead atoms. The number of hydrogen-bond acceptors (Lipinski definition) is 2. The Morgan fingerprint density at radius 2 is 2.00 bits per heavy atom. The van der Waals surface area contributed by atoms with Crippen molar-refractivity contribution in [1.82, 2.24) is 0 Å². The van der Waals surface area contributed by atoms with Gasteiger partial charge in [0.2, 0.25) is 0 Å². The number of rotatable bonds is 3. The Labute approximate surface area is 101 Å². The molecule has 1 aromatic rings. The summed E-state index contributed by atoms with van der Waals surface area (Å²) in [5.74, 6) is -1.75. The summed E-state index contributed by atoms with van der Waals surface area (Å²) >= 11 is 3.10. The van der Waals surface area contributed by atoms with Gasteiger partial charge in [-0.05, 0) is 22.0 Å². The first-order valence-electron chi connectivity index (χ1n) is 4.68. The molecule has 90 valence electrons. The van der Waals surface area contributed by atoms with Crippen LogP contribution in [0.25, 0.3) is 0 Å². The molecule has 1 aromatic carbocycles. The van der Waals surface area contributed by atoms with E-state index in [1.165, 1.54) is 7.11 Å². The van der Waals surface area contributed by atoms with Crippen molar-refractivity contribution in [1.29, 1.82) is 0 Å². The van der Waals surface area contributed by atoms with E-state index in [4.69, 9.17) is 4.74 Å². The fourth-order valence-corrected chi connectivity index (χ4v) is 2.02. The third-order valence-electron chi connectivity index (χ3n) is 2.40. The van der Waals surface area contributed by atoms with E-state index < -0.39 is 17.0 Å². The van der Waals surface area contributed by atoms with Crippen molar-refractivity contribution in [2.45, 2.75) is 19.3 Å². The molecule has 5 heteroatoms. The molecule has 0 amide bonds. The number of halogens is 3.